The summed E-state index contributed by atoms with van der Waals surface area (Å²) in [5, 5.41) is 10.4. The van der Waals surface area contributed by atoms with E-state index in [2.05, 4.69) is 15.5 Å². The van der Waals surface area contributed by atoms with Gasteiger partial charge in [-0.3, -0.25) is 14.7 Å². The molecule has 0 spiro atoms. The van der Waals surface area contributed by atoms with Gasteiger partial charge < -0.3 is 10.2 Å². The second kappa shape index (κ2) is 8.57. The number of benzene rings is 3. The number of carbonyl (C=O) groups is 2. The Kier molecular flexibility index (Phi) is 5.55. The fraction of sp³-hybridized carbons (Fsp3) is 0.192. The summed E-state index contributed by atoms with van der Waals surface area (Å²) in [6.45, 7) is 0.527. The number of rotatable bonds is 5. The number of H-pyrrole nitrogens is 1. The van der Waals surface area contributed by atoms with Crippen LogP contribution in [0.25, 0.3) is 22.2 Å². The van der Waals surface area contributed by atoms with Crippen molar-refractivity contribution in [1.29, 1.82) is 0 Å². The summed E-state index contributed by atoms with van der Waals surface area (Å²) >= 11 is 0. The summed E-state index contributed by atoms with van der Waals surface area (Å²) in [7, 11) is 0. The van der Waals surface area contributed by atoms with Crippen LogP contribution in [-0.4, -0.2) is 34.0 Å². The Balaban J connectivity index is 1.53. The third kappa shape index (κ3) is 4.25. The van der Waals surface area contributed by atoms with E-state index < -0.39 is 23.9 Å². The number of amides is 2. The number of hydrogen-bond acceptors (Lipinski definition) is 3. The fourth-order valence-electron chi connectivity index (χ4n) is 4.48. The van der Waals surface area contributed by atoms with Crippen LogP contribution >= 0.6 is 0 Å². The van der Waals surface area contributed by atoms with Crippen molar-refractivity contribution in [3.8, 4) is 11.3 Å². The Morgan fingerprint density at radius 3 is 2.49 bits per heavy atom. The highest BCUT2D eigenvalue weighted by Crippen LogP contribution is 2.39. The summed E-state index contributed by atoms with van der Waals surface area (Å²) < 4.78 is 40.5. The Hall–Kier alpha value is -4.14. The molecule has 6 nitrogen and oxygen atoms in total. The van der Waals surface area contributed by atoms with Crippen molar-refractivity contribution in [2.24, 2.45) is 0 Å². The molecule has 2 atom stereocenters. The molecule has 1 aliphatic rings. The van der Waals surface area contributed by atoms with Gasteiger partial charge in [0.15, 0.2) is 0 Å². The smallest absolute Gasteiger partial charge is 0.321 e. The van der Waals surface area contributed by atoms with Crippen molar-refractivity contribution >= 4 is 28.4 Å². The molecule has 2 heterocycles. The van der Waals surface area contributed by atoms with Gasteiger partial charge in [0, 0.05) is 30.0 Å². The summed E-state index contributed by atoms with van der Waals surface area (Å²) in [6.07, 6.45) is -0.122. The van der Waals surface area contributed by atoms with Crippen LogP contribution in [0.4, 0.5) is 18.9 Å². The Bertz CT molecular complexity index is 1400. The first kappa shape index (κ1) is 22.6. The van der Waals surface area contributed by atoms with Gasteiger partial charge in [0.25, 0.3) is 5.91 Å². The third-order valence-corrected chi connectivity index (χ3v) is 6.12. The topological polar surface area (TPSA) is 78.1 Å². The zero-order valence-electron chi connectivity index (χ0n) is 18.6. The molecule has 35 heavy (non-hydrogen) atoms. The van der Waals surface area contributed by atoms with Crippen LogP contribution in [0.15, 0.2) is 72.8 Å². The highest BCUT2D eigenvalue weighted by Gasteiger charge is 2.45. The lowest BCUT2D eigenvalue weighted by molar-refractivity contribution is -0.143. The Morgan fingerprint density at radius 2 is 1.80 bits per heavy atom. The van der Waals surface area contributed by atoms with E-state index in [1.165, 1.54) is 17.0 Å². The van der Waals surface area contributed by atoms with Gasteiger partial charge >= 0.3 is 5.92 Å². The maximum atomic E-state index is 13.6. The molecule has 2 amide bonds. The van der Waals surface area contributed by atoms with Gasteiger partial charge in [0.05, 0.1) is 23.3 Å². The second-order valence-corrected chi connectivity index (χ2v) is 8.60. The predicted molar refractivity (Wildman–Crippen MR) is 125 cm³/mol. The number of alkyl halides is 2. The molecule has 2 N–H and O–H groups in total. The fourth-order valence-corrected chi connectivity index (χ4v) is 4.48. The monoisotopic (exact) mass is 478 g/mol. The van der Waals surface area contributed by atoms with Crippen LogP contribution in [-0.2, 0) is 9.59 Å². The lowest BCUT2D eigenvalue weighted by Crippen LogP contribution is -2.46. The van der Waals surface area contributed by atoms with Gasteiger partial charge in [-0.1, -0.05) is 30.3 Å². The molecule has 1 saturated heterocycles. The highest BCUT2D eigenvalue weighted by molar-refractivity contribution is 6.01. The molecule has 0 saturated carbocycles. The molecule has 1 aliphatic heterocycles. The average Bonchev–Trinajstić information content (AvgIpc) is 3.39. The van der Waals surface area contributed by atoms with E-state index in [1.54, 1.807) is 54.6 Å². The number of nitrogens with zero attached hydrogens (tertiary/aromatic N) is 2. The van der Waals surface area contributed by atoms with E-state index in [0.717, 1.165) is 10.9 Å². The summed E-state index contributed by atoms with van der Waals surface area (Å²) in [5.41, 5.74) is 3.25. The maximum absolute atomic E-state index is 13.6. The van der Waals surface area contributed by atoms with Crippen molar-refractivity contribution in [2.75, 3.05) is 4.90 Å². The number of anilines is 1. The molecule has 0 unspecified atom stereocenters. The Labute approximate surface area is 198 Å². The lowest BCUT2D eigenvalue weighted by Gasteiger charge is -2.29. The van der Waals surface area contributed by atoms with E-state index in [9.17, 15) is 22.8 Å². The van der Waals surface area contributed by atoms with Crippen molar-refractivity contribution in [1.82, 2.24) is 15.5 Å². The first-order valence-electron chi connectivity index (χ1n) is 11.0. The number of hydrogen-bond donors (Lipinski definition) is 2. The van der Waals surface area contributed by atoms with E-state index >= 15 is 0 Å². The van der Waals surface area contributed by atoms with Gasteiger partial charge in [-0.15, -0.1) is 0 Å². The second-order valence-electron chi connectivity index (χ2n) is 8.60. The van der Waals surface area contributed by atoms with Crippen LogP contribution in [0.2, 0.25) is 0 Å². The van der Waals surface area contributed by atoms with Gasteiger partial charge in [0.1, 0.15) is 5.82 Å². The average molecular weight is 478 g/mol. The van der Waals surface area contributed by atoms with Crippen LogP contribution in [0.1, 0.15) is 24.9 Å². The molecule has 3 aromatic carbocycles. The predicted octanol–water partition coefficient (Wildman–Crippen LogP) is 4.99. The van der Waals surface area contributed by atoms with Crippen molar-refractivity contribution in [2.45, 2.75) is 31.4 Å². The van der Waals surface area contributed by atoms with E-state index in [-0.39, 0.29) is 18.1 Å². The molecular weight excluding hydrogens is 457 g/mol. The molecule has 1 fully saturated rings. The zero-order chi connectivity index (χ0) is 24.7. The van der Waals surface area contributed by atoms with Gasteiger partial charge in [-0.2, -0.15) is 13.9 Å². The molecule has 9 heteroatoms. The molecule has 5 rings (SSSR count). The summed E-state index contributed by atoms with van der Waals surface area (Å²) in [5.74, 6) is -5.64. The Morgan fingerprint density at radius 1 is 1.09 bits per heavy atom. The number of carbonyl (C=O) groups excluding carboxylic acids is 2. The number of aromatic amines is 1. The number of halogens is 3. The molecular formula is C26H21F3N4O2. The minimum absolute atomic E-state index is 0.122. The SMILES string of the molecule is CC(F)(F)C(=O)N[C@@H]1CC(=O)N(c2ccc3c(-c4ccc(F)cc4)n[nH]c3c2)[C@H]1c1ccccc1. The summed E-state index contributed by atoms with van der Waals surface area (Å²) in [4.78, 5) is 26.7. The highest BCUT2D eigenvalue weighted by atomic mass is 19.3. The largest absolute Gasteiger partial charge is 0.345 e. The quantitative estimate of drug-likeness (QED) is 0.424. The lowest BCUT2D eigenvalue weighted by atomic mass is 9.99. The van der Waals surface area contributed by atoms with E-state index in [1.807, 2.05) is 6.07 Å². The van der Waals surface area contributed by atoms with Gasteiger partial charge in [-0.25, -0.2) is 4.39 Å². The first-order valence-corrected chi connectivity index (χ1v) is 11.0. The molecule has 0 radical (unpaired) electrons. The number of aromatic nitrogens is 2. The molecule has 178 valence electrons. The first-order chi connectivity index (χ1) is 16.7. The third-order valence-electron chi connectivity index (χ3n) is 6.12. The van der Waals surface area contributed by atoms with Crippen LogP contribution in [0.5, 0.6) is 0 Å². The van der Waals surface area contributed by atoms with Crippen molar-refractivity contribution in [3.63, 3.8) is 0 Å². The summed E-state index contributed by atoms with van der Waals surface area (Å²) in [6, 6.07) is 18.7. The van der Waals surface area contributed by atoms with Gasteiger partial charge in [-0.05, 0) is 48.0 Å². The van der Waals surface area contributed by atoms with E-state index in [4.69, 9.17) is 0 Å². The number of fused-ring (bicyclic) bond motifs is 1. The standard InChI is InChI=1S/C26H21F3N4O2/c1-26(28,29)25(35)30-21-14-22(34)33(24(21)16-5-3-2-4-6-16)18-11-12-19-20(13-18)31-32-23(19)15-7-9-17(27)10-8-15/h2-13,21,24H,14H2,1H3,(H,30,35)(H,31,32)/t21-,24+/m1/s1. The van der Waals surface area contributed by atoms with Crippen molar-refractivity contribution in [3.05, 3.63) is 84.2 Å². The molecule has 4 aromatic rings. The molecule has 0 aliphatic carbocycles. The van der Waals surface area contributed by atoms with Crippen LogP contribution < -0.4 is 10.2 Å². The normalized spacial score (nSPS) is 18.3. The minimum atomic E-state index is -3.57. The molecule has 0 bridgehead atoms. The van der Waals surface area contributed by atoms with Gasteiger partial charge in [0.2, 0.25) is 5.91 Å². The van der Waals surface area contributed by atoms with Crippen LogP contribution in [0.3, 0.4) is 0 Å². The number of nitrogens with one attached hydrogen (secondary N) is 2. The van der Waals surface area contributed by atoms with E-state index in [0.29, 0.717) is 29.4 Å². The minimum Gasteiger partial charge on any atom is -0.345 e. The zero-order valence-corrected chi connectivity index (χ0v) is 18.6. The maximum Gasteiger partial charge on any atom is 0.321 e. The van der Waals surface area contributed by atoms with Crippen LogP contribution in [0, 0.1) is 5.82 Å². The van der Waals surface area contributed by atoms with Crippen molar-refractivity contribution < 1.29 is 22.8 Å². The molecule has 1 aromatic heterocycles.